The minimum atomic E-state index is -0.827. The van der Waals surface area contributed by atoms with E-state index in [0.717, 1.165) is 4.88 Å². The van der Waals surface area contributed by atoms with Gasteiger partial charge < -0.3 is 10.8 Å². The van der Waals surface area contributed by atoms with Gasteiger partial charge in [-0.1, -0.05) is 0 Å². The molecule has 0 radical (unpaired) electrons. The highest BCUT2D eigenvalue weighted by Gasteiger charge is 2.22. The Morgan fingerprint density at radius 2 is 2.11 bits per heavy atom. The number of carbonyl (C=O) groups is 1. The van der Waals surface area contributed by atoms with Gasteiger partial charge in [-0.3, -0.25) is 14.9 Å². The number of thiophene rings is 1. The number of aryl methyl sites for hydroxylation is 2. The second kappa shape index (κ2) is 7.17. The normalized spacial score (nSPS) is 9.83. The molecule has 0 unspecified atom stereocenters. The van der Waals surface area contributed by atoms with E-state index in [1.165, 1.54) is 11.3 Å². The summed E-state index contributed by atoms with van der Waals surface area (Å²) in [5.74, 6) is -0.827. The number of rotatable bonds is 6. The maximum atomic E-state index is 10.7. The predicted octanol–water partition coefficient (Wildman–Crippen LogP) is 2.77. The van der Waals surface area contributed by atoms with E-state index >= 15 is 0 Å². The second-order valence-corrected chi connectivity index (χ2v) is 5.01. The molecule has 0 aliphatic carbocycles. The quantitative estimate of drug-likeness (QED) is 0.476. The van der Waals surface area contributed by atoms with E-state index < -0.39 is 10.9 Å². The van der Waals surface area contributed by atoms with Gasteiger partial charge in [-0.15, -0.1) is 23.7 Å². The number of nitrogens with two attached hydrogens (primary N) is 1. The van der Waals surface area contributed by atoms with Gasteiger partial charge >= 0.3 is 11.7 Å². The Morgan fingerprint density at radius 3 is 2.56 bits per heavy atom. The standard InChI is InChI=1S/C10H14N2O4S.ClH/c1-6-10(12(15)16)9(11)7(17-6)4-2-3-5-8(13)14;/h2-5,11H2,1H3,(H,13,14);1H. The molecule has 3 N–H and O–H groups in total. The smallest absolute Gasteiger partial charge is 0.305 e. The third-order valence-electron chi connectivity index (χ3n) is 2.39. The minimum Gasteiger partial charge on any atom is -0.481 e. The summed E-state index contributed by atoms with van der Waals surface area (Å²) in [6.45, 7) is 1.67. The molecule has 18 heavy (non-hydrogen) atoms. The number of carboxylic acids is 1. The summed E-state index contributed by atoms with van der Waals surface area (Å²) in [6.07, 6.45) is 1.94. The van der Waals surface area contributed by atoms with Crippen molar-refractivity contribution in [1.29, 1.82) is 0 Å². The highest BCUT2D eigenvalue weighted by molar-refractivity contribution is 7.13. The van der Waals surface area contributed by atoms with Crippen LogP contribution in [0.4, 0.5) is 11.4 Å². The van der Waals surface area contributed by atoms with Crippen LogP contribution in [0.3, 0.4) is 0 Å². The van der Waals surface area contributed by atoms with Gasteiger partial charge in [0.2, 0.25) is 0 Å². The lowest BCUT2D eigenvalue weighted by atomic mass is 10.1. The molecule has 8 heteroatoms. The molecule has 0 aromatic carbocycles. The van der Waals surface area contributed by atoms with Crippen molar-refractivity contribution in [2.75, 3.05) is 5.73 Å². The molecule has 0 saturated carbocycles. The first-order valence-electron chi connectivity index (χ1n) is 5.17. The number of nitrogen functional groups attached to an aromatic ring is 1. The molecule has 1 rings (SSSR count). The van der Waals surface area contributed by atoms with Crippen LogP contribution in [-0.4, -0.2) is 16.0 Å². The third-order valence-corrected chi connectivity index (χ3v) is 3.56. The Morgan fingerprint density at radius 1 is 1.50 bits per heavy atom. The lowest BCUT2D eigenvalue weighted by molar-refractivity contribution is -0.384. The zero-order valence-electron chi connectivity index (χ0n) is 9.84. The van der Waals surface area contributed by atoms with Crippen LogP contribution >= 0.6 is 23.7 Å². The molecule has 0 aliphatic rings. The Labute approximate surface area is 114 Å². The first-order chi connectivity index (χ1) is 7.93. The number of anilines is 1. The van der Waals surface area contributed by atoms with E-state index in [-0.39, 0.29) is 30.2 Å². The van der Waals surface area contributed by atoms with Crippen LogP contribution in [0.25, 0.3) is 0 Å². The van der Waals surface area contributed by atoms with Gasteiger partial charge in [0.1, 0.15) is 5.69 Å². The number of carboxylic acid groups (broad SMARTS) is 1. The first-order valence-corrected chi connectivity index (χ1v) is 5.99. The fraction of sp³-hybridized carbons (Fsp3) is 0.500. The SMILES string of the molecule is Cc1sc(CCCCC(=O)O)c(N)c1[N+](=O)[O-].Cl. The summed E-state index contributed by atoms with van der Waals surface area (Å²) < 4.78 is 0. The zero-order valence-corrected chi connectivity index (χ0v) is 11.5. The molecule has 1 heterocycles. The van der Waals surface area contributed by atoms with E-state index in [2.05, 4.69) is 0 Å². The fourth-order valence-corrected chi connectivity index (χ4v) is 2.69. The zero-order chi connectivity index (χ0) is 13.0. The van der Waals surface area contributed by atoms with Gasteiger partial charge in [0.05, 0.1) is 9.80 Å². The van der Waals surface area contributed by atoms with Crippen molar-refractivity contribution in [3.63, 3.8) is 0 Å². The lowest BCUT2D eigenvalue weighted by Gasteiger charge is -1.98. The Bertz CT molecular complexity index is 447. The summed E-state index contributed by atoms with van der Waals surface area (Å²) in [5, 5.41) is 19.2. The summed E-state index contributed by atoms with van der Waals surface area (Å²) >= 11 is 1.31. The largest absolute Gasteiger partial charge is 0.481 e. The molecule has 0 spiro atoms. The van der Waals surface area contributed by atoms with Gasteiger partial charge in [-0.2, -0.15) is 0 Å². The summed E-state index contributed by atoms with van der Waals surface area (Å²) in [4.78, 5) is 21.9. The molecule has 102 valence electrons. The van der Waals surface area contributed by atoms with E-state index in [1.54, 1.807) is 6.92 Å². The molecular formula is C10H15ClN2O4S. The van der Waals surface area contributed by atoms with Crippen LogP contribution < -0.4 is 5.73 Å². The van der Waals surface area contributed by atoms with Crippen LogP contribution in [0, 0.1) is 17.0 Å². The Balaban J connectivity index is 0.00000289. The Hall–Kier alpha value is -1.34. The molecule has 0 bridgehead atoms. The molecular weight excluding hydrogens is 280 g/mol. The van der Waals surface area contributed by atoms with Gasteiger partial charge in [0.25, 0.3) is 0 Å². The van der Waals surface area contributed by atoms with Gasteiger partial charge in [-0.25, -0.2) is 0 Å². The summed E-state index contributed by atoms with van der Waals surface area (Å²) in [5.41, 5.74) is 5.92. The second-order valence-electron chi connectivity index (χ2n) is 3.70. The summed E-state index contributed by atoms with van der Waals surface area (Å²) in [7, 11) is 0. The summed E-state index contributed by atoms with van der Waals surface area (Å²) in [6, 6.07) is 0. The van der Waals surface area contributed by atoms with E-state index in [0.29, 0.717) is 24.1 Å². The fourth-order valence-electron chi connectivity index (χ4n) is 1.58. The Kier molecular flexibility index (Phi) is 6.64. The maximum Gasteiger partial charge on any atom is 0.305 e. The van der Waals surface area contributed by atoms with Crippen LogP contribution in [0.2, 0.25) is 0 Å². The number of nitrogens with zero attached hydrogens (tertiary/aromatic N) is 1. The van der Waals surface area contributed by atoms with Crippen LogP contribution in [-0.2, 0) is 11.2 Å². The van der Waals surface area contributed by atoms with Gasteiger partial charge in [-0.05, 0) is 26.2 Å². The van der Waals surface area contributed by atoms with Gasteiger partial charge in [0.15, 0.2) is 0 Å². The highest BCUT2D eigenvalue weighted by Crippen LogP contribution is 2.37. The van der Waals surface area contributed by atoms with Gasteiger partial charge in [0, 0.05) is 11.3 Å². The van der Waals surface area contributed by atoms with Crippen molar-refractivity contribution < 1.29 is 14.8 Å². The molecule has 0 fully saturated rings. The lowest BCUT2D eigenvalue weighted by Crippen LogP contribution is -1.97. The number of hydrogen-bond donors (Lipinski definition) is 2. The van der Waals surface area contributed by atoms with Crippen molar-refractivity contribution in [2.45, 2.75) is 32.6 Å². The number of aliphatic carboxylic acids is 1. The average molecular weight is 295 g/mol. The van der Waals surface area contributed by atoms with E-state index in [1.807, 2.05) is 0 Å². The van der Waals surface area contributed by atoms with Crippen LogP contribution in [0.1, 0.15) is 29.0 Å². The predicted molar refractivity (Wildman–Crippen MR) is 72.6 cm³/mol. The minimum absolute atomic E-state index is 0. The number of halogens is 1. The van der Waals surface area contributed by atoms with Crippen molar-refractivity contribution in [3.05, 3.63) is 19.9 Å². The molecule has 0 amide bonds. The van der Waals surface area contributed by atoms with Crippen LogP contribution in [0.5, 0.6) is 0 Å². The average Bonchev–Trinajstić information content (AvgIpc) is 2.48. The molecule has 0 aliphatic heterocycles. The van der Waals surface area contributed by atoms with Crippen molar-refractivity contribution >= 4 is 41.1 Å². The molecule has 0 saturated heterocycles. The topological polar surface area (TPSA) is 106 Å². The monoisotopic (exact) mass is 294 g/mol. The number of hydrogen-bond acceptors (Lipinski definition) is 5. The molecule has 6 nitrogen and oxygen atoms in total. The van der Waals surface area contributed by atoms with E-state index in [9.17, 15) is 14.9 Å². The number of unbranched alkanes of at least 4 members (excludes halogenated alkanes) is 1. The van der Waals surface area contributed by atoms with Crippen molar-refractivity contribution in [3.8, 4) is 0 Å². The maximum absolute atomic E-state index is 10.7. The molecule has 1 aromatic heterocycles. The van der Waals surface area contributed by atoms with E-state index in [4.69, 9.17) is 10.8 Å². The third kappa shape index (κ3) is 4.15. The molecule has 1 aromatic rings. The number of nitro groups is 1. The molecule has 0 atom stereocenters. The van der Waals surface area contributed by atoms with Crippen molar-refractivity contribution in [2.24, 2.45) is 0 Å². The first kappa shape index (κ1) is 16.7. The van der Waals surface area contributed by atoms with Crippen LogP contribution in [0.15, 0.2) is 0 Å². The highest BCUT2D eigenvalue weighted by atomic mass is 35.5. The van der Waals surface area contributed by atoms with Crippen molar-refractivity contribution in [1.82, 2.24) is 0 Å².